The smallest absolute Gasteiger partial charge is 0.0585 e. The Hall–Kier alpha value is -1.02. The van der Waals surface area contributed by atoms with Gasteiger partial charge in [0, 0.05) is 0 Å². The first-order valence-electron chi connectivity index (χ1n) is 4.68. The fourth-order valence-corrected chi connectivity index (χ4v) is 1.43. The number of nitrogens with zero attached hydrogens (tertiary/aromatic N) is 1. The molecule has 74 valence electrons. The van der Waals surface area contributed by atoms with Gasteiger partial charge in [0.1, 0.15) is 0 Å². The van der Waals surface area contributed by atoms with Crippen LogP contribution in [0.25, 0.3) is 0 Å². The molecule has 2 N–H and O–H groups in total. The van der Waals surface area contributed by atoms with Gasteiger partial charge >= 0.3 is 0 Å². The zero-order valence-electron chi connectivity index (χ0n) is 8.07. The molecule has 0 atom stereocenters. The highest BCUT2D eigenvalue weighted by Crippen LogP contribution is 2.06. The summed E-state index contributed by atoms with van der Waals surface area (Å²) in [4.78, 5) is 3.88. The van der Waals surface area contributed by atoms with Crippen LogP contribution in [-0.4, -0.2) is 18.3 Å². The number of hydrogen-bond acceptors (Lipinski definition) is 3. The van der Waals surface area contributed by atoms with E-state index in [-0.39, 0.29) is 0 Å². The average Bonchev–Trinajstić information content (AvgIpc) is 2.19. The molecule has 0 spiro atoms. The second kappa shape index (κ2) is 6.44. The van der Waals surface area contributed by atoms with Crippen LogP contribution in [0.1, 0.15) is 11.1 Å². The first kappa shape index (κ1) is 11.1. The molecule has 0 bridgehead atoms. The number of hydrogen-bond donors (Lipinski definition) is 1. The predicted octanol–water partition coefficient (Wildman–Crippen LogP) is 1.83. The summed E-state index contributed by atoms with van der Waals surface area (Å²) < 4.78 is 0. The van der Waals surface area contributed by atoms with Crippen molar-refractivity contribution in [3.05, 3.63) is 35.4 Å². The van der Waals surface area contributed by atoms with Crippen molar-refractivity contribution in [2.24, 2.45) is 10.7 Å². The van der Waals surface area contributed by atoms with Crippen molar-refractivity contribution in [1.82, 2.24) is 0 Å². The highest BCUT2D eigenvalue weighted by atomic mass is 32.1. The summed E-state index contributed by atoms with van der Waals surface area (Å²) in [6, 6.07) is 8.42. The lowest BCUT2D eigenvalue weighted by Crippen LogP contribution is -2.03. The average molecular weight is 206 g/mol. The minimum absolute atomic E-state index is 0.696. The molecule has 0 aliphatic carbocycles. The van der Waals surface area contributed by atoms with Crippen molar-refractivity contribution in [3.63, 3.8) is 0 Å². The standard InChI is InChI=1S/C11H14N2S/c12-6-4-10-2-1-3-11(8-10)5-7-13-9-14/h1-3,8H,4-7,12H2. The second-order valence-electron chi connectivity index (χ2n) is 3.08. The topological polar surface area (TPSA) is 38.4 Å². The molecular weight excluding hydrogens is 192 g/mol. The molecular formula is C11H14N2S. The van der Waals surface area contributed by atoms with E-state index >= 15 is 0 Å². The molecule has 1 rings (SSSR count). The van der Waals surface area contributed by atoms with Gasteiger partial charge in [-0.2, -0.15) is 0 Å². The van der Waals surface area contributed by atoms with Crippen LogP contribution in [-0.2, 0) is 12.8 Å². The van der Waals surface area contributed by atoms with Crippen molar-refractivity contribution < 1.29 is 0 Å². The molecule has 0 amide bonds. The molecule has 0 fully saturated rings. The summed E-state index contributed by atoms with van der Waals surface area (Å²) in [5.41, 5.74) is 8.06. The third kappa shape index (κ3) is 3.79. The maximum absolute atomic E-state index is 5.49. The van der Waals surface area contributed by atoms with Crippen LogP contribution in [0.15, 0.2) is 29.3 Å². The fraction of sp³-hybridized carbons (Fsp3) is 0.364. The van der Waals surface area contributed by atoms with Gasteiger partial charge in [-0.3, -0.25) is 0 Å². The lowest BCUT2D eigenvalue weighted by Gasteiger charge is -2.02. The van der Waals surface area contributed by atoms with E-state index in [0.29, 0.717) is 6.54 Å². The third-order valence-electron chi connectivity index (χ3n) is 2.00. The van der Waals surface area contributed by atoms with E-state index < -0.39 is 0 Å². The van der Waals surface area contributed by atoms with Gasteiger partial charge in [-0.15, -0.1) is 0 Å². The fourth-order valence-electron chi connectivity index (χ4n) is 1.34. The zero-order valence-corrected chi connectivity index (χ0v) is 8.89. The SMILES string of the molecule is NCCc1cccc(CCN=C=S)c1. The molecule has 0 aromatic heterocycles. The Morgan fingerprint density at radius 3 is 2.64 bits per heavy atom. The molecule has 0 saturated carbocycles. The van der Waals surface area contributed by atoms with E-state index in [1.165, 1.54) is 11.1 Å². The van der Waals surface area contributed by atoms with E-state index in [0.717, 1.165) is 19.4 Å². The Bertz CT molecular complexity index is 330. The first-order valence-corrected chi connectivity index (χ1v) is 5.09. The van der Waals surface area contributed by atoms with E-state index in [1.54, 1.807) is 0 Å². The zero-order chi connectivity index (χ0) is 10.2. The largest absolute Gasteiger partial charge is 0.330 e. The Labute approximate surface area is 89.9 Å². The third-order valence-corrected chi connectivity index (χ3v) is 2.13. The molecule has 0 unspecified atom stereocenters. The van der Waals surface area contributed by atoms with Gasteiger partial charge in [0.05, 0.1) is 11.7 Å². The molecule has 0 aliphatic rings. The molecule has 1 aromatic carbocycles. The molecule has 2 nitrogen and oxygen atoms in total. The summed E-state index contributed by atoms with van der Waals surface area (Å²) >= 11 is 4.50. The number of thiocarbonyl (C=S) groups is 1. The summed E-state index contributed by atoms with van der Waals surface area (Å²) in [7, 11) is 0. The van der Waals surface area contributed by atoms with Crippen LogP contribution in [0.5, 0.6) is 0 Å². The number of nitrogens with two attached hydrogens (primary N) is 1. The summed E-state index contributed by atoms with van der Waals surface area (Å²) in [6.07, 6.45) is 1.85. The van der Waals surface area contributed by atoms with Crippen LogP contribution in [0.4, 0.5) is 0 Å². The van der Waals surface area contributed by atoms with Crippen LogP contribution >= 0.6 is 12.2 Å². The van der Waals surface area contributed by atoms with Gasteiger partial charge in [-0.25, -0.2) is 4.99 Å². The van der Waals surface area contributed by atoms with Gasteiger partial charge in [0.15, 0.2) is 0 Å². The Morgan fingerprint density at radius 2 is 2.00 bits per heavy atom. The van der Waals surface area contributed by atoms with Crippen LogP contribution < -0.4 is 5.73 Å². The number of isothiocyanates is 1. The van der Waals surface area contributed by atoms with Crippen LogP contribution in [0.3, 0.4) is 0 Å². The van der Waals surface area contributed by atoms with E-state index in [9.17, 15) is 0 Å². The quantitative estimate of drug-likeness (QED) is 0.589. The molecule has 0 radical (unpaired) electrons. The second-order valence-corrected chi connectivity index (χ2v) is 3.26. The van der Waals surface area contributed by atoms with Crippen molar-refractivity contribution >= 4 is 17.4 Å². The van der Waals surface area contributed by atoms with Crippen molar-refractivity contribution in [3.8, 4) is 0 Å². The first-order chi connectivity index (χ1) is 6.86. The van der Waals surface area contributed by atoms with Gasteiger partial charge in [-0.05, 0) is 42.7 Å². The number of rotatable bonds is 5. The summed E-state index contributed by atoms with van der Waals surface area (Å²) in [5, 5.41) is 2.37. The van der Waals surface area contributed by atoms with Crippen molar-refractivity contribution in [1.29, 1.82) is 0 Å². The highest BCUT2D eigenvalue weighted by Gasteiger charge is 1.94. The van der Waals surface area contributed by atoms with Crippen LogP contribution in [0, 0.1) is 0 Å². The minimum atomic E-state index is 0.696. The summed E-state index contributed by atoms with van der Waals surface area (Å²) in [6.45, 7) is 1.41. The van der Waals surface area contributed by atoms with Crippen LogP contribution in [0.2, 0.25) is 0 Å². The molecule has 0 saturated heterocycles. The van der Waals surface area contributed by atoms with Crippen molar-refractivity contribution in [2.75, 3.05) is 13.1 Å². The molecule has 3 heteroatoms. The van der Waals surface area contributed by atoms with Crippen molar-refractivity contribution in [2.45, 2.75) is 12.8 Å². The van der Waals surface area contributed by atoms with E-state index in [2.05, 4.69) is 46.6 Å². The van der Waals surface area contributed by atoms with Gasteiger partial charge in [0.2, 0.25) is 0 Å². The Kier molecular flexibility index (Phi) is 5.08. The number of aliphatic imine (C=N–C) groups is 1. The minimum Gasteiger partial charge on any atom is -0.330 e. The lowest BCUT2D eigenvalue weighted by atomic mass is 10.1. The maximum Gasteiger partial charge on any atom is 0.0585 e. The van der Waals surface area contributed by atoms with Gasteiger partial charge in [-0.1, -0.05) is 24.3 Å². The molecule has 1 aromatic rings. The predicted molar refractivity (Wildman–Crippen MR) is 62.8 cm³/mol. The Morgan fingerprint density at radius 1 is 1.29 bits per heavy atom. The molecule has 0 heterocycles. The van der Waals surface area contributed by atoms with E-state index in [1.807, 2.05) is 0 Å². The van der Waals surface area contributed by atoms with E-state index in [4.69, 9.17) is 5.73 Å². The lowest BCUT2D eigenvalue weighted by molar-refractivity contribution is 0.943. The normalized spacial score (nSPS) is 9.50. The highest BCUT2D eigenvalue weighted by molar-refractivity contribution is 7.78. The number of benzene rings is 1. The summed E-state index contributed by atoms with van der Waals surface area (Å²) in [5.74, 6) is 0. The van der Waals surface area contributed by atoms with Gasteiger partial charge < -0.3 is 5.73 Å². The Balaban J connectivity index is 2.58. The molecule has 0 aliphatic heterocycles. The maximum atomic E-state index is 5.49. The monoisotopic (exact) mass is 206 g/mol. The molecule has 14 heavy (non-hydrogen) atoms. The van der Waals surface area contributed by atoms with Gasteiger partial charge in [0.25, 0.3) is 0 Å².